The van der Waals surface area contributed by atoms with E-state index in [9.17, 15) is 0 Å². The summed E-state index contributed by atoms with van der Waals surface area (Å²) in [6.07, 6.45) is 5.22. The third-order valence-electron chi connectivity index (χ3n) is 5.07. The summed E-state index contributed by atoms with van der Waals surface area (Å²) in [4.78, 5) is 2.59. The fraction of sp³-hybridized carbons (Fsp3) is 0.647. The van der Waals surface area contributed by atoms with E-state index < -0.39 is 0 Å². The minimum Gasteiger partial charge on any atom is -0.326 e. The second-order valence-electron chi connectivity index (χ2n) is 6.48. The maximum atomic E-state index is 6.23. The maximum absolute atomic E-state index is 6.23. The Balaban J connectivity index is 1.68. The zero-order valence-corrected chi connectivity index (χ0v) is 12.0. The Bertz CT molecular complexity index is 429. The molecule has 19 heavy (non-hydrogen) atoms. The molecule has 1 heterocycles. The van der Waals surface area contributed by atoms with Gasteiger partial charge in [-0.1, -0.05) is 31.2 Å². The first-order chi connectivity index (χ1) is 9.24. The van der Waals surface area contributed by atoms with Crippen molar-refractivity contribution in [2.75, 3.05) is 19.6 Å². The van der Waals surface area contributed by atoms with Crippen LogP contribution in [-0.4, -0.2) is 30.6 Å². The molecular formula is C17H26N2. The van der Waals surface area contributed by atoms with E-state index in [1.54, 1.807) is 11.1 Å². The van der Waals surface area contributed by atoms with E-state index in [0.29, 0.717) is 12.0 Å². The monoisotopic (exact) mass is 258 g/mol. The molecule has 1 saturated heterocycles. The van der Waals surface area contributed by atoms with Crippen molar-refractivity contribution < 1.29 is 0 Å². The number of hydrogen-bond acceptors (Lipinski definition) is 2. The summed E-state index contributed by atoms with van der Waals surface area (Å²) >= 11 is 0. The van der Waals surface area contributed by atoms with Gasteiger partial charge in [-0.3, -0.25) is 0 Å². The second kappa shape index (κ2) is 5.64. The Morgan fingerprint density at radius 2 is 2.11 bits per heavy atom. The number of benzene rings is 1. The summed E-state index contributed by atoms with van der Waals surface area (Å²) in [5, 5.41) is 0. The van der Waals surface area contributed by atoms with Gasteiger partial charge in [-0.25, -0.2) is 0 Å². The molecule has 1 aliphatic heterocycles. The van der Waals surface area contributed by atoms with Crippen LogP contribution < -0.4 is 5.73 Å². The van der Waals surface area contributed by atoms with E-state index in [4.69, 9.17) is 5.73 Å². The van der Waals surface area contributed by atoms with Crippen LogP contribution in [-0.2, 0) is 6.42 Å². The van der Waals surface area contributed by atoms with Gasteiger partial charge in [-0.05, 0) is 55.2 Å². The average Bonchev–Trinajstić information content (AvgIpc) is 2.43. The molecule has 3 atom stereocenters. The molecule has 1 fully saturated rings. The molecule has 2 aliphatic rings. The molecule has 3 rings (SSSR count). The van der Waals surface area contributed by atoms with Crippen molar-refractivity contribution in [3.05, 3.63) is 35.4 Å². The molecule has 0 aromatic heterocycles. The van der Waals surface area contributed by atoms with E-state index >= 15 is 0 Å². The summed E-state index contributed by atoms with van der Waals surface area (Å²) in [5.74, 6) is 1.42. The Morgan fingerprint density at radius 1 is 1.26 bits per heavy atom. The molecule has 0 radical (unpaired) electrons. The average molecular weight is 258 g/mol. The van der Waals surface area contributed by atoms with Gasteiger partial charge < -0.3 is 10.6 Å². The first-order valence-electron chi connectivity index (χ1n) is 7.80. The molecule has 2 heteroatoms. The van der Waals surface area contributed by atoms with Crippen molar-refractivity contribution in [2.24, 2.45) is 11.7 Å². The minimum absolute atomic E-state index is 0.368. The van der Waals surface area contributed by atoms with Gasteiger partial charge in [-0.2, -0.15) is 0 Å². The number of fused-ring (bicyclic) bond motifs is 1. The highest BCUT2D eigenvalue weighted by molar-refractivity contribution is 5.32. The lowest BCUT2D eigenvalue weighted by Gasteiger charge is -2.38. The smallest absolute Gasteiger partial charge is 0.0194 e. The van der Waals surface area contributed by atoms with Crippen molar-refractivity contribution in [1.82, 2.24) is 4.90 Å². The molecule has 0 bridgehead atoms. The van der Waals surface area contributed by atoms with Crippen LogP contribution in [0.4, 0.5) is 0 Å². The van der Waals surface area contributed by atoms with Crippen LogP contribution in [0.1, 0.15) is 43.2 Å². The minimum atomic E-state index is 0.368. The van der Waals surface area contributed by atoms with Gasteiger partial charge >= 0.3 is 0 Å². The third kappa shape index (κ3) is 2.85. The van der Waals surface area contributed by atoms with E-state index in [1.165, 1.54) is 38.8 Å². The van der Waals surface area contributed by atoms with Gasteiger partial charge in [-0.15, -0.1) is 0 Å². The van der Waals surface area contributed by atoms with Crippen LogP contribution in [0.5, 0.6) is 0 Å². The number of hydrogen-bond donors (Lipinski definition) is 1. The second-order valence-corrected chi connectivity index (χ2v) is 6.48. The van der Waals surface area contributed by atoms with Gasteiger partial charge in [0.1, 0.15) is 0 Å². The fourth-order valence-electron chi connectivity index (χ4n) is 3.69. The van der Waals surface area contributed by atoms with Gasteiger partial charge in [0.05, 0.1) is 0 Å². The lowest BCUT2D eigenvalue weighted by molar-refractivity contribution is 0.157. The van der Waals surface area contributed by atoms with Gasteiger partial charge in [0.25, 0.3) is 0 Å². The summed E-state index contributed by atoms with van der Waals surface area (Å²) in [7, 11) is 0. The molecule has 1 aliphatic carbocycles. The molecule has 0 amide bonds. The summed E-state index contributed by atoms with van der Waals surface area (Å²) in [5.41, 5.74) is 9.40. The number of piperidine rings is 1. The number of nitrogens with two attached hydrogens (primary N) is 1. The van der Waals surface area contributed by atoms with Crippen molar-refractivity contribution in [3.8, 4) is 0 Å². The lowest BCUT2D eigenvalue weighted by atomic mass is 9.82. The van der Waals surface area contributed by atoms with Crippen molar-refractivity contribution in [2.45, 2.75) is 44.6 Å². The normalized spacial score (nSPS) is 32.0. The zero-order valence-electron chi connectivity index (χ0n) is 12.0. The van der Waals surface area contributed by atoms with Crippen LogP contribution in [0.2, 0.25) is 0 Å². The van der Waals surface area contributed by atoms with E-state index in [0.717, 1.165) is 12.5 Å². The predicted molar refractivity (Wildman–Crippen MR) is 80.3 cm³/mol. The zero-order chi connectivity index (χ0) is 13.2. The number of likely N-dealkylation sites (tertiary alicyclic amines) is 1. The third-order valence-corrected chi connectivity index (χ3v) is 5.07. The fourth-order valence-corrected chi connectivity index (χ4v) is 3.69. The number of rotatable bonds is 2. The highest BCUT2D eigenvalue weighted by Crippen LogP contribution is 2.32. The van der Waals surface area contributed by atoms with Gasteiger partial charge in [0.2, 0.25) is 0 Å². The molecule has 0 saturated carbocycles. The topological polar surface area (TPSA) is 29.3 Å². The molecule has 3 unspecified atom stereocenters. The largest absolute Gasteiger partial charge is 0.326 e. The molecule has 1 aromatic carbocycles. The summed E-state index contributed by atoms with van der Waals surface area (Å²) in [6, 6.07) is 9.39. The predicted octanol–water partition coefficient (Wildman–Crippen LogP) is 2.78. The first-order valence-corrected chi connectivity index (χ1v) is 7.80. The molecule has 104 valence electrons. The van der Waals surface area contributed by atoms with Crippen molar-refractivity contribution >= 4 is 0 Å². The van der Waals surface area contributed by atoms with E-state index in [2.05, 4.69) is 36.1 Å². The molecule has 1 aromatic rings. The van der Waals surface area contributed by atoms with Gasteiger partial charge in [0, 0.05) is 19.1 Å². The Hall–Kier alpha value is -0.860. The van der Waals surface area contributed by atoms with Crippen molar-refractivity contribution in [1.29, 1.82) is 0 Å². The van der Waals surface area contributed by atoms with Crippen LogP contribution in [0.15, 0.2) is 24.3 Å². The van der Waals surface area contributed by atoms with Crippen LogP contribution in [0.25, 0.3) is 0 Å². The summed E-state index contributed by atoms with van der Waals surface area (Å²) in [6.45, 7) is 5.81. The van der Waals surface area contributed by atoms with Gasteiger partial charge in [0.15, 0.2) is 0 Å². The molecule has 2 nitrogen and oxygen atoms in total. The number of aryl methyl sites for hydroxylation is 1. The van der Waals surface area contributed by atoms with Crippen LogP contribution in [0, 0.1) is 5.92 Å². The van der Waals surface area contributed by atoms with Crippen LogP contribution >= 0.6 is 0 Å². The van der Waals surface area contributed by atoms with Crippen LogP contribution in [0.3, 0.4) is 0 Å². The Kier molecular flexibility index (Phi) is 3.90. The van der Waals surface area contributed by atoms with E-state index in [-0.39, 0.29) is 0 Å². The maximum Gasteiger partial charge on any atom is 0.0194 e. The Morgan fingerprint density at radius 3 is 2.95 bits per heavy atom. The highest BCUT2D eigenvalue weighted by atomic mass is 15.1. The lowest BCUT2D eigenvalue weighted by Crippen LogP contribution is -2.48. The first kappa shape index (κ1) is 13.1. The summed E-state index contributed by atoms with van der Waals surface area (Å²) < 4.78 is 0. The Labute approximate surface area is 117 Å². The SMILES string of the molecule is CC1CCN(CC2CCCc3ccccc32)CC1N. The molecule has 2 N–H and O–H groups in total. The van der Waals surface area contributed by atoms with E-state index in [1.807, 2.05) is 0 Å². The van der Waals surface area contributed by atoms with Crippen molar-refractivity contribution in [3.63, 3.8) is 0 Å². The standard InChI is InChI=1S/C17H26N2/c1-13-9-10-19(12-17(13)18)11-15-7-4-6-14-5-2-3-8-16(14)15/h2-3,5,8,13,15,17H,4,6-7,9-12,18H2,1H3. The quantitative estimate of drug-likeness (QED) is 0.884. The molecule has 0 spiro atoms. The molecular weight excluding hydrogens is 232 g/mol. The number of nitrogens with zero attached hydrogens (tertiary/aromatic N) is 1. The highest BCUT2D eigenvalue weighted by Gasteiger charge is 2.27.